The van der Waals surface area contributed by atoms with E-state index in [1.165, 1.54) is 38.5 Å². The van der Waals surface area contributed by atoms with E-state index >= 15 is 0 Å². The van der Waals surface area contributed by atoms with Gasteiger partial charge in [0.25, 0.3) is 0 Å². The summed E-state index contributed by atoms with van der Waals surface area (Å²) < 4.78 is 5.44. The number of ether oxygens (including phenoxy) is 1. The van der Waals surface area contributed by atoms with Crippen molar-refractivity contribution in [2.45, 2.75) is 77.4 Å². The quantitative estimate of drug-likeness (QED) is 0.810. The maximum Gasteiger partial charge on any atom is 0.410 e. The van der Waals surface area contributed by atoms with E-state index in [1.54, 1.807) is 0 Å². The van der Waals surface area contributed by atoms with Crippen LogP contribution in [0.2, 0.25) is 0 Å². The molecule has 2 fully saturated rings. The van der Waals surface area contributed by atoms with Gasteiger partial charge in [0.05, 0.1) is 0 Å². The number of rotatable bonds is 3. The van der Waals surface area contributed by atoms with Crippen molar-refractivity contribution in [2.24, 2.45) is 5.92 Å². The van der Waals surface area contributed by atoms with Gasteiger partial charge >= 0.3 is 6.09 Å². The third kappa shape index (κ3) is 5.85. The summed E-state index contributed by atoms with van der Waals surface area (Å²) in [6.45, 7) is 8.49. The van der Waals surface area contributed by atoms with E-state index in [9.17, 15) is 4.79 Å². The molecule has 1 aliphatic heterocycles. The van der Waals surface area contributed by atoms with E-state index in [0.29, 0.717) is 6.04 Å². The molecule has 0 aromatic carbocycles. The molecule has 1 unspecified atom stereocenters. The monoisotopic (exact) mass is 296 g/mol. The molecule has 0 radical (unpaired) electrons. The van der Waals surface area contributed by atoms with Gasteiger partial charge in [-0.15, -0.1) is 0 Å². The van der Waals surface area contributed by atoms with Gasteiger partial charge in [-0.25, -0.2) is 4.79 Å². The van der Waals surface area contributed by atoms with Crippen molar-refractivity contribution in [1.29, 1.82) is 0 Å². The van der Waals surface area contributed by atoms with Gasteiger partial charge in [0.15, 0.2) is 0 Å². The molecule has 1 saturated heterocycles. The third-order valence-electron chi connectivity index (χ3n) is 4.51. The zero-order valence-electron chi connectivity index (χ0n) is 14.0. The molecule has 0 bridgehead atoms. The molecule has 4 heteroatoms. The van der Waals surface area contributed by atoms with Crippen LogP contribution in [0.15, 0.2) is 0 Å². The molecule has 122 valence electrons. The highest BCUT2D eigenvalue weighted by Gasteiger charge is 2.29. The third-order valence-corrected chi connectivity index (χ3v) is 4.51. The normalized spacial score (nSPS) is 24.9. The van der Waals surface area contributed by atoms with Crippen LogP contribution in [-0.2, 0) is 4.74 Å². The van der Waals surface area contributed by atoms with Crippen LogP contribution in [0.5, 0.6) is 0 Å². The predicted molar refractivity (Wildman–Crippen MR) is 85.4 cm³/mol. The van der Waals surface area contributed by atoms with Crippen LogP contribution >= 0.6 is 0 Å². The van der Waals surface area contributed by atoms with Gasteiger partial charge in [0.1, 0.15) is 5.60 Å². The molecule has 21 heavy (non-hydrogen) atoms. The van der Waals surface area contributed by atoms with Crippen LogP contribution in [-0.4, -0.2) is 42.3 Å². The largest absolute Gasteiger partial charge is 0.444 e. The molecule has 0 aromatic heterocycles. The second-order valence-electron chi connectivity index (χ2n) is 7.68. The van der Waals surface area contributed by atoms with Gasteiger partial charge in [0.2, 0.25) is 0 Å². The van der Waals surface area contributed by atoms with E-state index in [1.807, 2.05) is 25.7 Å². The average Bonchev–Trinajstić information content (AvgIpc) is 2.71. The molecule has 1 aliphatic carbocycles. The van der Waals surface area contributed by atoms with E-state index in [2.05, 4.69) is 5.32 Å². The van der Waals surface area contributed by atoms with E-state index in [-0.39, 0.29) is 6.09 Å². The molecule has 2 rings (SSSR count). The second kappa shape index (κ2) is 7.48. The Morgan fingerprint density at radius 2 is 1.81 bits per heavy atom. The smallest absolute Gasteiger partial charge is 0.410 e. The van der Waals surface area contributed by atoms with Crippen molar-refractivity contribution in [2.75, 3.05) is 19.6 Å². The Kier molecular flexibility index (Phi) is 5.91. The molecule has 1 amide bonds. The molecule has 4 nitrogen and oxygen atoms in total. The summed E-state index contributed by atoms with van der Waals surface area (Å²) in [6.07, 6.45) is 9.22. The average molecular weight is 296 g/mol. The zero-order valence-corrected chi connectivity index (χ0v) is 14.0. The summed E-state index contributed by atoms with van der Waals surface area (Å²) in [4.78, 5) is 13.9. The second-order valence-corrected chi connectivity index (χ2v) is 7.68. The molecule has 0 aromatic rings. The van der Waals surface area contributed by atoms with Crippen LogP contribution in [0.3, 0.4) is 0 Å². The molecule has 2 aliphatic rings. The van der Waals surface area contributed by atoms with Crippen LogP contribution in [0.25, 0.3) is 0 Å². The highest BCUT2D eigenvalue weighted by Crippen LogP contribution is 2.23. The van der Waals surface area contributed by atoms with Gasteiger partial charge in [-0.05, 0) is 52.5 Å². The van der Waals surface area contributed by atoms with Crippen molar-refractivity contribution < 1.29 is 9.53 Å². The van der Waals surface area contributed by atoms with E-state index in [4.69, 9.17) is 4.74 Å². The van der Waals surface area contributed by atoms with Crippen LogP contribution in [0.1, 0.15) is 65.7 Å². The first-order chi connectivity index (χ1) is 9.94. The summed E-state index contributed by atoms with van der Waals surface area (Å²) in [7, 11) is 0. The van der Waals surface area contributed by atoms with Gasteiger partial charge in [-0.1, -0.05) is 25.7 Å². The maximum atomic E-state index is 12.0. The fourth-order valence-corrected chi connectivity index (χ4v) is 3.32. The Morgan fingerprint density at radius 1 is 1.14 bits per heavy atom. The molecular formula is C17H32N2O2. The molecule has 1 heterocycles. The summed E-state index contributed by atoms with van der Waals surface area (Å²) in [5, 5.41) is 3.68. The summed E-state index contributed by atoms with van der Waals surface area (Å²) in [6, 6.07) is 0.445. The van der Waals surface area contributed by atoms with Crippen LogP contribution < -0.4 is 5.32 Å². The van der Waals surface area contributed by atoms with Gasteiger partial charge in [-0.3, -0.25) is 0 Å². The zero-order chi connectivity index (χ0) is 15.3. The van der Waals surface area contributed by atoms with Gasteiger partial charge < -0.3 is 15.0 Å². The van der Waals surface area contributed by atoms with Crippen molar-refractivity contribution >= 4 is 6.09 Å². The summed E-state index contributed by atoms with van der Waals surface area (Å²) in [5.41, 5.74) is -0.400. The molecule has 1 N–H and O–H groups in total. The van der Waals surface area contributed by atoms with Crippen molar-refractivity contribution in [3.05, 3.63) is 0 Å². The maximum absolute atomic E-state index is 12.0. The number of carbonyl (C=O) groups is 1. The fraction of sp³-hybridized carbons (Fsp3) is 0.941. The molecular weight excluding hydrogens is 264 g/mol. The Labute approximate surface area is 129 Å². The number of nitrogens with zero attached hydrogens (tertiary/aromatic N) is 1. The number of hydrogen-bond acceptors (Lipinski definition) is 3. The Balaban J connectivity index is 1.68. The first-order valence-electron chi connectivity index (χ1n) is 8.65. The highest BCUT2D eigenvalue weighted by molar-refractivity contribution is 5.68. The molecule has 1 atom stereocenters. The number of likely N-dealkylation sites (tertiary alicyclic amines) is 1. The SMILES string of the molecule is CC(C)(C)OC(=O)N1CCC(NCC2CCCCCC2)C1. The minimum Gasteiger partial charge on any atom is -0.444 e. The van der Waals surface area contributed by atoms with Crippen molar-refractivity contribution in [1.82, 2.24) is 10.2 Å². The lowest BCUT2D eigenvalue weighted by Crippen LogP contribution is -2.39. The number of carbonyl (C=O) groups excluding carboxylic acids is 1. The Morgan fingerprint density at radius 3 is 2.43 bits per heavy atom. The van der Waals surface area contributed by atoms with Crippen LogP contribution in [0.4, 0.5) is 4.79 Å². The number of amides is 1. The lowest BCUT2D eigenvalue weighted by molar-refractivity contribution is 0.0291. The summed E-state index contributed by atoms with van der Waals surface area (Å²) >= 11 is 0. The van der Waals surface area contributed by atoms with Crippen LogP contribution in [0, 0.1) is 5.92 Å². The Bertz CT molecular complexity index is 330. The Hall–Kier alpha value is -0.770. The first-order valence-corrected chi connectivity index (χ1v) is 8.65. The molecule has 0 spiro atoms. The lowest BCUT2D eigenvalue weighted by atomic mass is 10.00. The highest BCUT2D eigenvalue weighted by atomic mass is 16.6. The predicted octanol–water partition coefficient (Wildman–Crippen LogP) is 3.56. The van der Waals surface area contributed by atoms with Gasteiger partial charge in [0, 0.05) is 19.1 Å². The fourth-order valence-electron chi connectivity index (χ4n) is 3.32. The standard InChI is InChI=1S/C17H32N2O2/c1-17(2,3)21-16(20)19-11-10-15(13-19)18-12-14-8-6-4-5-7-9-14/h14-15,18H,4-13H2,1-3H3. The van der Waals surface area contributed by atoms with Gasteiger partial charge in [-0.2, -0.15) is 0 Å². The first kappa shape index (κ1) is 16.6. The topological polar surface area (TPSA) is 41.6 Å². The minimum absolute atomic E-state index is 0.165. The van der Waals surface area contributed by atoms with E-state index < -0.39 is 5.60 Å². The number of hydrogen-bond donors (Lipinski definition) is 1. The number of nitrogens with one attached hydrogen (secondary N) is 1. The van der Waals surface area contributed by atoms with Crippen molar-refractivity contribution in [3.8, 4) is 0 Å². The summed E-state index contributed by atoms with van der Waals surface area (Å²) in [5.74, 6) is 0.836. The van der Waals surface area contributed by atoms with E-state index in [0.717, 1.165) is 32.0 Å². The van der Waals surface area contributed by atoms with Crippen molar-refractivity contribution in [3.63, 3.8) is 0 Å². The minimum atomic E-state index is -0.400. The lowest BCUT2D eigenvalue weighted by Gasteiger charge is -2.24. The molecule has 1 saturated carbocycles.